The van der Waals surface area contributed by atoms with Gasteiger partial charge in [0.2, 0.25) is 0 Å². The third kappa shape index (κ3) is 3.25. The molecule has 94 valence electrons. The number of nitrogens with zero attached hydrogens (tertiary/aromatic N) is 1. The molecule has 0 aliphatic carbocycles. The van der Waals surface area contributed by atoms with Gasteiger partial charge in [-0.05, 0) is 52.2 Å². The number of aromatic nitrogens is 1. The summed E-state index contributed by atoms with van der Waals surface area (Å²) in [5.41, 5.74) is 2.24. The van der Waals surface area contributed by atoms with Gasteiger partial charge in [0.25, 0.3) is 0 Å². The van der Waals surface area contributed by atoms with Crippen molar-refractivity contribution in [2.24, 2.45) is 0 Å². The summed E-state index contributed by atoms with van der Waals surface area (Å²) >= 11 is 13.0. The van der Waals surface area contributed by atoms with Crippen LogP contribution >= 0.6 is 43.5 Å². The number of benzene rings is 1. The summed E-state index contributed by atoms with van der Waals surface area (Å²) in [5.74, 6) is 0.664. The molecule has 1 N–H and O–H groups in total. The van der Waals surface area contributed by atoms with Crippen LogP contribution in [0.4, 0.5) is 11.5 Å². The molecule has 1 heterocycles. The molecule has 0 bridgehead atoms. The first kappa shape index (κ1) is 13.8. The lowest BCUT2D eigenvalue weighted by Crippen LogP contribution is -1.98. The first-order valence-electron chi connectivity index (χ1n) is 5.46. The summed E-state index contributed by atoms with van der Waals surface area (Å²) in [5, 5.41) is 3.85. The van der Waals surface area contributed by atoms with Crippen LogP contribution in [0.5, 0.6) is 0 Å². The monoisotopic (exact) mass is 388 g/mol. The van der Waals surface area contributed by atoms with Gasteiger partial charge in [-0.15, -0.1) is 0 Å². The first-order chi connectivity index (χ1) is 8.60. The Morgan fingerprint density at radius 1 is 1.22 bits per heavy atom. The van der Waals surface area contributed by atoms with Crippen LogP contribution in [-0.2, 0) is 6.42 Å². The van der Waals surface area contributed by atoms with Crippen molar-refractivity contribution >= 4 is 55.0 Å². The minimum Gasteiger partial charge on any atom is -0.339 e. The van der Waals surface area contributed by atoms with Crippen LogP contribution in [0.1, 0.15) is 12.5 Å². The number of anilines is 2. The molecule has 1 aromatic carbocycles. The van der Waals surface area contributed by atoms with E-state index in [1.54, 1.807) is 6.20 Å². The van der Waals surface area contributed by atoms with E-state index in [1.165, 1.54) is 5.56 Å². The zero-order valence-electron chi connectivity index (χ0n) is 9.67. The Morgan fingerprint density at radius 2 is 2.00 bits per heavy atom. The quantitative estimate of drug-likeness (QED) is 0.741. The van der Waals surface area contributed by atoms with Crippen molar-refractivity contribution in [3.8, 4) is 0 Å². The normalized spacial score (nSPS) is 10.4. The number of halogens is 3. The zero-order chi connectivity index (χ0) is 13.1. The highest BCUT2D eigenvalue weighted by atomic mass is 79.9. The lowest BCUT2D eigenvalue weighted by atomic mass is 10.1. The van der Waals surface area contributed by atoms with E-state index < -0.39 is 0 Å². The van der Waals surface area contributed by atoms with Crippen LogP contribution in [0.15, 0.2) is 39.4 Å². The van der Waals surface area contributed by atoms with E-state index >= 15 is 0 Å². The smallest absolute Gasteiger partial charge is 0.149 e. The minimum atomic E-state index is 0.592. The van der Waals surface area contributed by atoms with Gasteiger partial charge in [0.15, 0.2) is 0 Å². The van der Waals surface area contributed by atoms with E-state index in [4.69, 9.17) is 11.6 Å². The molecular formula is C13H11Br2ClN2. The van der Waals surface area contributed by atoms with Gasteiger partial charge in [-0.2, -0.15) is 0 Å². The molecular weight excluding hydrogens is 379 g/mol. The zero-order valence-corrected chi connectivity index (χ0v) is 13.6. The van der Waals surface area contributed by atoms with Gasteiger partial charge in [-0.25, -0.2) is 4.98 Å². The molecule has 0 aliphatic heterocycles. The second-order valence-electron chi connectivity index (χ2n) is 3.76. The van der Waals surface area contributed by atoms with Gasteiger partial charge in [-0.1, -0.05) is 34.5 Å². The predicted octanol–water partition coefficient (Wildman–Crippen LogP) is 5.57. The van der Waals surface area contributed by atoms with E-state index in [0.717, 1.165) is 21.1 Å². The Bertz CT molecular complexity index is 573. The van der Waals surface area contributed by atoms with E-state index in [-0.39, 0.29) is 0 Å². The molecule has 0 spiro atoms. The molecule has 1 aromatic heterocycles. The average molecular weight is 391 g/mol. The van der Waals surface area contributed by atoms with E-state index in [0.29, 0.717) is 10.8 Å². The Hall–Kier alpha value is -0.580. The molecule has 0 saturated heterocycles. The number of rotatable bonds is 3. The van der Waals surface area contributed by atoms with E-state index in [1.807, 2.05) is 18.2 Å². The largest absolute Gasteiger partial charge is 0.339 e. The Balaban J connectivity index is 2.33. The second kappa shape index (κ2) is 6.04. The standard InChI is InChI=1S/C13H11Br2ClN2/c1-2-8-5-9(14)3-4-12(8)18-13-11(16)6-10(15)7-17-13/h3-7H,2H2,1H3,(H,17,18). The minimum absolute atomic E-state index is 0.592. The predicted molar refractivity (Wildman–Crippen MR) is 83.7 cm³/mol. The van der Waals surface area contributed by atoms with Crippen molar-refractivity contribution in [1.82, 2.24) is 4.98 Å². The fourth-order valence-corrected chi connectivity index (χ4v) is 2.70. The maximum atomic E-state index is 6.14. The van der Waals surface area contributed by atoms with Gasteiger partial charge < -0.3 is 5.32 Å². The highest BCUT2D eigenvalue weighted by Crippen LogP contribution is 2.29. The summed E-state index contributed by atoms with van der Waals surface area (Å²) in [6.45, 7) is 2.11. The SMILES string of the molecule is CCc1cc(Br)ccc1Nc1ncc(Br)cc1Cl. The molecule has 0 amide bonds. The number of hydrogen-bond acceptors (Lipinski definition) is 2. The summed E-state index contributed by atoms with van der Waals surface area (Å²) < 4.78 is 1.93. The molecule has 0 fully saturated rings. The highest BCUT2D eigenvalue weighted by molar-refractivity contribution is 9.10. The fraction of sp³-hybridized carbons (Fsp3) is 0.154. The summed E-state index contributed by atoms with van der Waals surface area (Å²) in [6.07, 6.45) is 2.66. The molecule has 0 saturated carbocycles. The summed E-state index contributed by atoms with van der Waals surface area (Å²) in [6, 6.07) is 7.92. The summed E-state index contributed by atoms with van der Waals surface area (Å²) in [4.78, 5) is 4.27. The molecule has 0 aliphatic rings. The van der Waals surface area contributed by atoms with E-state index in [2.05, 4.69) is 55.2 Å². The average Bonchev–Trinajstić information content (AvgIpc) is 2.34. The lowest BCUT2D eigenvalue weighted by molar-refractivity contribution is 1.13. The maximum absolute atomic E-state index is 6.14. The molecule has 0 radical (unpaired) electrons. The first-order valence-corrected chi connectivity index (χ1v) is 7.43. The number of pyridine rings is 1. The van der Waals surface area contributed by atoms with Crippen molar-refractivity contribution in [3.05, 3.63) is 50.0 Å². The molecule has 2 rings (SSSR count). The Morgan fingerprint density at radius 3 is 2.67 bits per heavy atom. The fourth-order valence-electron chi connectivity index (χ4n) is 1.61. The van der Waals surface area contributed by atoms with Crippen molar-refractivity contribution in [2.75, 3.05) is 5.32 Å². The van der Waals surface area contributed by atoms with Crippen LogP contribution in [0.25, 0.3) is 0 Å². The summed E-state index contributed by atoms with van der Waals surface area (Å²) in [7, 11) is 0. The van der Waals surface area contributed by atoms with Crippen molar-refractivity contribution in [2.45, 2.75) is 13.3 Å². The van der Waals surface area contributed by atoms with Gasteiger partial charge in [0.05, 0.1) is 5.02 Å². The van der Waals surface area contributed by atoms with Gasteiger partial charge >= 0.3 is 0 Å². The van der Waals surface area contributed by atoms with Crippen LogP contribution in [0, 0.1) is 0 Å². The van der Waals surface area contributed by atoms with Gasteiger partial charge in [-0.3, -0.25) is 0 Å². The van der Waals surface area contributed by atoms with Crippen LogP contribution < -0.4 is 5.32 Å². The highest BCUT2D eigenvalue weighted by Gasteiger charge is 2.06. The van der Waals surface area contributed by atoms with E-state index in [9.17, 15) is 0 Å². The molecule has 2 nitrogen and oxygen atoms in total. The molecule has 0 atom stereocenters. The van der Waals surface area contributed by atoms with Gasteiger partial charge in [0, 0.05) is 20.8 Å². The number of aryl methyl sites for hydroxylation is 1. The second-order valence-corrected chi connectivity index (χ2v) is 6.00. The van der Waals surface area contributed by atoms with Crippen molar-refractivity contribution < 1.29 is 0 Å². The molecule has 5 heteroatoms. The maximum Gasteiger partial charge on any atom is 0.149 e. The van der Waals surface area contributed by atoms with Crippen molar-refractivity contribution in [1.29, 1.82) is 0 Å². The lowest BCUT2D eigenvalue weighted by Gasteiger charge is -2.12. The molecule has 18 heavy (non-hydrogen) atoms. The third-order valence-corrected chi connectivity index (χ3v) is 3.72. The van der Waals surface area contributed by atoms with Crippen LogP contribution in [-0.4, -0.2) is 4.98 Å². The van der Waals surface area contributed by atoms with Crippen LogP contribution in [0.3, 0.4) is 0 Å². The third-order valence-electron chi connectivity index (χ3n) is 2.51. The van der Waals surface area contributed by atoms with Crippen molar-refractivity contribution in [3.63, 3.8) is 0 Å². The Kier molecular flexibility index (Phi) is 4.65. The molecule has 0 unspecified atom stereocenters. The van der Waals surface area contributed by atoms with Gasteiger partial charge in [0.1, 0.15) is 5.82 Å². The topological polar surface area (TPSA) is 24.9 Å². The van der Waals surface area contributed by atoms with Crippen LogP contribution in [0.2, 0.25) is 5.02 Å². The number of hydrogen-bond donors (Lipinski definition) is 1. The molecule has 2 aromatic rings. The number of nitrogens with one attached hydrogen (secondary N) is 1. The Labute approximate surface area is 128 Å².